The number of benzene rings is 2. The predicted molar refractivity (Wildman–Crippen MR) is 136 cm³/mol. The summed E-state index contributed by atoms with van der Waals surface area (Å²) in [6.07, 6.45) is 5.17. The number of ether oxygens (including phenoxy) is 1. The summed E-state index contributed by atoms with van der Waals surface area (Å²) in [5, 5.41) is 7.62. The topological polar surface area (TPSA) is 79.4 Å². The van der Waals surface area contributed by atoms with Crippen molar-refractivity contribution in [1.29, 1.82) is 0 Å². The highest BCUT2D eigenvalue weighted by Gasteiger charge is 2.56. The van der Waals surface area contributed by atoms with Crippen molar-refractivity contribution in [3.63, 3.8) is 0 Å². The van der Waals surface area contributed by atoms with E-state index < -0.39 is 0 Å². The van der Waals surface area contributed by atoms with E-state index in [4.69, 9.17) is 16.3 Å². The average Bonchev–Trinajstić information content (AvgIpc) is 3.36. The number of aromatic nitrogens is 2. The lowest BCUT2D eigenvalue weighted by molar-refractivity contribution is -0.111. The summed E-state index contributed by atoms with van der Waals surface area (Å²) in [5.74, 6) is 1.44. The van der Waals surface area contributed by atoms with Crippen LogP contribution in [0.15, 0.2) is 49.3 Å². The van der Waals surface area contributed by atoms with Gasteiger partial charge in [0.05, 0.1) is 17.8 Å². The molecule has 1 aliphatic heterocycles. The maximum absolute atomic E-state index is 12.2. The second-order valence-electron chi connectivity index (χ2n) is 9.43. The lowest BCUT2D eigenvalue weighted by Crippen LogP contribution is -2.17. The molecule has 2 heterocycles. The maximum atomic E-state index is 12.2. The number of rotatable bonds is 7. The van der Waals surface area contributed by atoms with Crippen molar-refractivity contribution in [2.24, 2.45) is 11.3 Å². The number of anilines is 3. The van der Waals surface area contributed by atoms with E-state index in [-0.39, 0.29) is 5.91 Å². The first-order valence-corrected chi connectivity index (χ1v) is 11.8. The zero-order valence-electron chi connectivity index (χ0n) is 19.4. The van der Waals surface area contributed by atoms with Gasteiger partial charge in [0.25, 0.3) is 0 Å². The molecule has 2 N–H and O–H groups in total. The zero-order chi connectivity index (χ0) is 23.9. The molecule has 3 aromatic rings. The van der Waals surface area contributed by atoms with Gasteiger partial charge in [0.15, 0.2) is 0 Å². The number of hydrogen-bond acceptors (Lipinski definition) is 6. The lowest BCUT2D eigenvalue weighted by atomic mass is 10.0. The largest absolute Gasteiger partial charge is 0.491 e. The van der Waals surface area contributed by atoms with Crippen molar-refractivity contribution in [3.05, 3.63) is 59.9 Å². The van der Waals surface area contributed by atoms with E-state index in [1.54, 1.807) is 0 Å². The fourth-order valence-corrected chi connectivity index (χ4v) is 5.04. The van der Waals surface area contributed by atoms with Crippen LogP contribution in [0, 0.1) is 18.3 Å². The molecule has 2 fully saturated rings. The van der Waals surface area contributed by atoms with Crippen molar-refractivity contribution in [3.8, 4) is 5.75 Å². The van der Waals surface area contributed by atoms with Crippen molar-refractivity contribution >= 4 is 45.6 Å². The van der Waals surface area contributed by atoms with Crippen LogP contribution in [0.4, 0.5) is 17.2 Å². The highest BCUT2D eigenvalue weighted by molar-refractivity contribution is 6.31. The molecule has 2 aromatic carbocycles. The molecule has 2 aliphatic rings. The molecule has 34 heavy (non-hydrogen) atoms. The molecule has 0 bridgehead atoms. The smallest absolute Gasteiger partial charge is 0.247 e. The summed E-state index contributed by atoms with van der Waals surface area (Å²) < 4.78 is 6.26. The first kappa shape index (κ1) is 22.6. The van der Waals surface area contributed by atoms with E-state index in [1.807, 2.05) is 37.3 Å². The number of fused-ring (bicyclic) bond motifs is 1. The van der Waals surface area contributed by atoms with Gasteiger partial charge in [0, 0.05) is 34.6 Å². The quantitative estimate of drug-likeness (QED) is 0.456. The van der Waals surface area contributed by atoms with Gasteiger partial charge in [-0.15, -0.1) is 0 Å². The number of likely N-dealkylation sites (tertiary alicyclic amines) is 1. The molecule has 1 amide bonds. The molecule has 1 spiro atoms. The van der Waals surface area contributed by atoms with E-state index in [0.717, 1.165) is 29.7 Å². The van der Waals surface area contributed by atoms with Crippen LogP contribution in [0.5, 0.6) is 5.75 Å². The second-order valence-corrected chi connectivity index (χ2v) is 9.84. The Kier molecular flexibility index (Phi) is 5.91. The van der Waals surface area contributed by atoms with Crippen molar-refractivity contribution in [1.82, 2.24) is 14.9 Å². The highest BCUT2D eigenvalue weighted by Crippen LogP contribution is 2.58. The van der Waals surface area contributed by atoms with Gasteiger partial charge in [-0.05, 0) is 68.6 Å². The Balaban J connectivity index is 1.43. The Morgan fingerprint density at radius 1 is 1.35 bits per heavy atom. The Labute approximate surface area is 204 Å². The minimum atomic E-state index is -0.304. The Morgan fingerprint density at radius 3 is 2.94 bits per heavy atom. The summed E-state index contributed by atoms with van der Waals surface area (Å²) in [4.78, 5) is 23.4. The van der Waals surface area contributed by atoms with Crippen LogP contribution in [0.2, 0.25) is 5.02 Å². The number of carbonyl (C=O) groups excluding carboxylic acids is 1. The van der Waals surface area contributed by atoms with Gasteiger partial charge in [-0.1, -0.05) is 24.2 Å². The summed E-state index contributed by atoms with van der Waals surface area (Å²) in [6.45, 7) is 8.42. The van der Waals surface area contributed by atoms with Crippen LogP contribution in [0.1, 0.15) is 18.4 Å². The molecular weight excluding hydrogens is 450 g/mol. The third-order valence-electron chi connectivity index (χ3n) is 6.99. The SMILES string of the molecule is C=CC(=O)Nc1cc2c(Nc3ccc(C)c(Cl)c3)ncnc2cc1OCC1CC12CCN(C)C2. The van der Waals surface area contributed by atoms with Crippen LogP contribution in [-0.4, -0.2) is 47.5 Å². The highest BCUT2D eigenvalue weighted by atomic mass is 35.5. The van der Waals surface area contributed by atoms with E-state index in [2.05, 4.69) is 39.1 Å². The number of halogens is 1. The monoisotopic (exact) mass is 477 g/mol. The maximum Gasteiger partial charge on any atom is 0.247 e. The number of hydrogen-bond donors (Lipinski definition) is 2. The Hall–Kier alpha value is -3.16. The van der Waals surface area contributed by atoms with E-state index in [1.165, 1.54) is 25.2 Å². The minimum absolute atomic E-state index is 0.304. The van der Waals surface area contributed by atoms with Gasteiger partial charge >= 0.3 is 0 Å². The summed E-state index contributed by atoms with van der Waals surface area (Å²) in [7, 11) is 2.17. The third kappa shape index (κ3) is 4.45. The minimum Gasteiger partial charge on any atom is -0.491 e. The van der Waals surface area contributed by atoms with E-state index >= 15 is 0 Å². The number of carbonyl (C=O) groups is 1. The van der Waals surface area contributed by atoms with Gasteiger partial charge < -0.3 is 20.3 Å². The summed E-state index contributed by atoms with van der Waals surface area (Å²) >= 11 is 6.29. The Bertz CT molecular complexity index is 1280. The molecule has 1 aromatic heterocycles. The molecule has 0 radical (unpaired) electrons. The summed E-state index contributed by atoms with van der Waals surface area (Å²) in [6, 6.07) is 9.45. The number of aryl methyl sites for hydroxylation is 1. The molecule has 2 unspecified atom stereocenters. The van der Waals surface area contributed by atoms with Crippen LogP contribution in [0.3, 0.4) is 0 Å². The second kappa shape index (κ2) is 8.89. The number of amides is 1. The normalized spacial score (nSPS) is 21.6. The van der Waals surface area contributed by atoms with Gasteiger partial charge in [-0.2, -0.15) is 0 Å². The summed E-state index contributed by atoms with van der Waals surface area (Å²) in [5.41, 5.74) is 3.49. The van der Waals surface area contributed by atoms with Crippen LogP contribution in [0.25, 0.3) is 10.9 Å². The van der Waals surface area contributed by atoms with Gasteiger partial charge in [-0.25, -0.2) is 9.97 Å². The number of nitrogens with zero attached hydrogens (tertiary/aromatic N) is 3. The zero-order valence-corrected chi connectivity index (χ0v) is 20.2. The predicted octanol–water partition coefficient (Wildman–Crippen LogP) is 5.18. The van der Waals surface area contributed by atoms with Gasteiger partial charge in [0.2, 0.25) is 5.91 Å². The lowest BCUT2D eigenvalue weighted by Gasteiger charge is -2.16. The number of nitrogens with one attached hydrogen (secondary N) is 2. The van der Waals surface area contributed by atoms with Gasteiger partial charge in [0.1, 0.15) is 17.9 Å². The standard InChI is InChI=1S/C26H28ClN5O2/c1-4-24(33)31-22-10-19-21(11-23(22)34-13-17-12-26(17)7-8-32(3)14-26)28-15-29-25(19)30-18-6-5-16(2)20(27)9-18/h4-6,9-11,15,17H,1,7-8,12-14H2,2-3H3,(H,31,33)(H,28,29,30). The van der Waals surface area contributed by atoms with Crippen molar-refractivity contribution in [2.45, 2.75) is 19.8 Å². The van der Waals surface area contributed by atoms with Crippen molar-refractivity contribution in [2.75, 3.05) is 37.4 Å². The molecule has 176 valence electrons. The van der Waals surface area contributed by atoms with Crippen molar-refractivity contribution < 1.29 is 9.53 Å². The first-order valence-electron chi connectivity index (χ1n) is 11.4. The fraction of sp³-hybridized carbons (Fsp3) is 0.346. The fourth-order valence-electron chi connectivity index (χ4n) is 4.86. The average molecular weight is 478 g/mol. The molecule has 1 saturated heterocycles. The van der Waals surface area contributed by atoms with Gasteiger partial charge in [-0.3, -0.25) is 4.79 Å². The molecule has 5 rings (SSSR count). The molecule has 2 atom stereocenters. The van der Waals surface area contributed by atoms with Crippen LogP contribution in [-0.2, 0) is 4.79 Å². The molecular formula is C26H28ClN5O2. The van der Waals surface area contributed by atoms with Crippen LogP contribution < -0.4 is 15.4 Å². The van der Waals surface area contributed by atoms with E-state index in [9.17, 15) is 4.79 Å². The Morgan fingerprint density at radius 2 is 2.21 bits per heavy atom. The molecule has 7 nitrogen and oxygen atoms in total. The van der Waals surface area contributed by atoms with Crippen LogP contribution >= 0.6 is 11.6 Å². The molecule has 1 saturated carbocycles. The molecule has 1 aliphatic carbocycles. The third-order valence-corrected chi connectivity index (χ3v) is 7.40. The van der Waals surface area contributed by atoms with E-state index in [0.29, 0.717) is 45.7 Å². The molecule has 8 heteroatoms. The first-order chi connectivity index (χ1) is 16.4.